The lowest BCUT2D eigenvalue weighted by Gasteiger charge is -2.07. The summed E-state index contributed by atoms with van der Waals surface area (Å²) in [5.74, 6) is -1.93. The monoisotopic (exact) mass is 175 g/mol. The molecular formula is C7H11O5-. The highest BCUT2D eigenvalue weighted by Gasteiger charge is 2.13. The van der Waals surface area contributed by atoms with Gasteiger partial charge in [-0.15, -0.1) is 0 Å². The molecule has 5 nitrogen and oxygen atoms in total. The lowest BCUT2D eigenvalue weighted by molar-refractivity contribution is -0.305. The van der Waals surface area contributed by atoms with Gasteiger partial charge < -0.3 is 19.7 Å². The lowest BCUT2D eigenvalue weighted by Crippen LogP contribution is -2.24. The molecule has 0 amide bonds. The van der Waals surface area contributed by atoms with Gasteiger partial charge in [-0.25, -0.2) is 4.79 Å². The number of carbonyl (C=O) groups is 2. The molecule has 0 saturated carbocycles. The average molecular weight is 175 g/mol. The Labute approximate surface area is 70.0 Å². The van der Waals surface area contributed by atoms with Crippen molar-refractivity contribution in [3.05, 3.63) is 0 Å². The Kier molecular flexibility index (Phi) is 5.03. The van der Waals surface area contributed by atoms with Gasteiger partial charge in [-0.2, -0.15) is 0 Å². The SMILES string of the molecule is COC(=O)C(O)CCCC(=O)[O-]. The van der Waals surface area contributed by atoms with Crippen molar-refractivity contribution in [2.24, 2.45) is 0 Å². The largest absolute Gasteiger partial charge is 0.550 e. The Morgan fingerprint density at radius 1 is 1.58 bits per heavy atom. The number of ether oxygens (including phenoxy) is 1. The summed E-state index contributed by atoms with van der Waals surface area (Å²) in [7, 11) is 1.16. The van der Waals surface area contributed by atoms with E-state index in [-0.39, 0.29) is 19.3 Å². The zero-order chi connectivity index (χ0) is 9.56. The Morgan fingerprint density at radius 3 is 2.58 bits per heavy atom. The van der Waals surface area contributed by atoms with E-state index in [1.807, 2.05) is 0 Å². The van der Waals surface area contributed by atoms with Crippen LogP contribution in [0.2, 0.25) is 0 Å². The number of aliphatic hydroxyl groups excluding tert-OH is 1. The molecule has 70 valence electrons. The van der Waals surface area contributed by atoms with Crippen LogP contribution < -0.4 is 5.11 Å². The summed E-state index contributed by atoms with van der Waals surface area (Å²) >= 11 is 0. The minimum atomic E-state index is -1.23. The number of hydrogen-bond donors (Lipinski definition) is 1. The molecule has 1 atom stereocenters. The van der Waals surface area contributed by atoms with Gasteiger partial charge >= 0.3 is 5.97 Å². The Balaban J connectivity index is 3.50. The van der Waals surface area contributed by atoms with Crippen molar-refractivity contribution in [3.63, 3.8) is 0 Å². The number of esters is 1. The van der Waals surface area contributed by atoms with Crippen molar-refractivity contribution >= 4 is 11.9 Å². The third-order valence-electron chi connectivity index (χ3n) is 1.33. The van der Waals surface area contributed by atoms with Crippen molar-refractivity contribution in [1.82, 2.24) is 0 Å². The summed E-state index contributed by atoms with van der Waals surface area (Å²) in [6.45, 7) is 0. The third-order valence-corrected chi connectivity index (χ3v) is 1.33. The van der Waals surface area contributed by atoms with Gasteiger partial charge in [0.25, 0.3) is 0 Å². The molecule has 0 aromatic rings. The zero-order valence-corrected chi connectivity index (χ0v) is 6.78. The molecule has 12 heavy (non-hydrogen) atoms. The van der Waals surface area contributed by atoms with E-state index in [1.54, 1.807) is 0 Å². The van der Waals surface area contributed by atoms with Crippen LogP contribution >= 0.6 is 0 Å². The molecule has 0 aromatic carbocycles. The maximum atomic E-state index is 10.6. The average Bonchev–Trinajstić information content (AvgIpc) is 2.02. The van der Waals surface area contributed by atoms with Crippen LogP contribution in [0.5, 0.6) is 0 Å². The molecule has 0 aromatic heterocycles. The van der Waals surface area contributed by atoms with Gasteiger partial charge in [0, 0.05) is 5.97 Å². The minimum Gasteiger partial charge on any atom is -0.550 e. The van der Waals surface area contributed by atoms with Crippen molar-refractivity contribution in [2.75, 3.05) is 7.11 Å². The fourth-order valence-electron chi connectivity index (χ4n) is 0.694. The molecule has 0 radical (unpaired) electrons. The van der Waals surface area contributed by atoms with Gasteiger partial charge in [0.05, 0.1) is 7.11 Å². The highest BCUT2D eigenvalue weighted by atomic mass is 16.5. The van der Waals surface area contributed by atoms with Crippen LogP contribution in [0.4, 0.5) is 0 Å². The van der Waals surface area contributed by atoms with Crippen molar-refractivity contribution < 1.29 is 24.5 Å². The third kappa shape index (κ3) is 4.68. The van der Waals surface area contributed by atoms with E-state index in [0.717, 1.165) is 7.11 Å². The van der Waals surface area contributed by atoms with E-state index in [2.05, 4.69) is 4.74 Å². The predicted octanol–water partition coefficient (Wildman–Crippen LogP) is -1.56. The van der Waals surface area contributed by atoms with E-state index in [9.17, 15) is 14.7 Å². The first-order valence-corrected chi connectivity index (χ1v) is 3.53. The Morgan fingerprint density at radius 2 is 2.17 bits per heavy atom. The van der Waals surface area contributed by atoms with Crippen LogP contribution in [0, 0.1) is 0 Å². The van der Waals surface area contributed by atoms with Crippen LogP contribution in [0.25, 0.3) is 0 Å². The fourth-order valence-corrected chi connectivity index (χ4v) is 0.694. The molecule has 1 N–H and O–H groups in total. The van der Waals surface area contributed by atoms with Gasteiger partial charge in [-0.05, 0) is 19.3 Å². The summed E-state index contributed by atoms with van der Waals surface area (Å²) in [6.07, 6.45) is -1.10. The second-order valence-electron chi connectivity index (χ2n) is 2.30. The van der Waals surface area contributed by atoms with E-state index in [0.29, 0.717) is 0 Å². The standard InChI is InChI=1S/C7H12O5/c1-12-7(11)5(8)3-2-4-6(9)10/h5,8H,2-4H2,1H3,(H,9,10)/p-1. The first-order chi connectivity index (χ1) is 5.57. The van der Waals surface area contributed by atoms with Crippen LogP contribution in [0.1, 0.15) is 19.3 Å². The molecule has 0 bridgehead atoms. The van der Waals surface area contributed by atoms with Crippen LogP contribution in [0.3, 0.4) is 0 Å². The molecule has 0 fully saturated rings. The van der Waals surface area contributed by atoms with Gasteiger partial charge in [0.15, 0.2) is 6.10 Å². The highest BCUT2D eigenvalue weighted by molar-refractivity contribution is 5.74. The van der Waals surface area contributed by atoms with Crippen molar-refractivity contribution in [1.29, 1.82) is 0 Å². The molecule has 0 saturated heterocycles. The molecule has 0 aliphatic heterocycles. The topological polar surface area (TPSA) is 86.7 Å². The summed E-state index contributed by atoms with van der Waals surface area (Å²) < 4.78 is 4.22. The molecule has 0 aliphatic carbocycles. The van der Waals surface area contributed by atoms with Gasteiger partial charge in [0.2, 0.25) is 0 Å². The van der Waals surface area contributed by atoms with Crippen LogP contribution in [0.15, 0.2) is 0 Å². The normalized spacial score (nSPS) is 12.2. The smallest absolute Gasteiger partial charge is 0.334 e. The summed E-state index contributed by atoms with van der Waals surface area (Å²) in [5, 5.41) is 18.9. The quantitative estimate of drug-likeness (QED) is 0.510. The number of carbonyl (C=O) groups excluding carboxylic acids is 2. The first kappa shape index (κ1) is 10.9. The van der Waals surface area contributed by atoms with Crippen LogP contribution in [-0.2, 0) is 14.3 Å². The Hall–Kier alpha value is -1.10. The number of hydrogen-bond acceptors (Lipinski definition) is 5. The van der Waals surface area contributed by atoms with E-state index >= 15 is 0 Å². The molecule has 0 rings (SSSR count). The molecule has 0 heterocycles. The molecule has 0 aliphatic rings. The number of aliphatic hydroxyl groups is 1. The number of aliphatic carboxylic acids is 1. The lowest BCUT2D eigenvalue weighted by atomic mass is 10.1. The first-order valence-electron chi connectivity index (χ1n) is 3.53. The van der Waals surface area contributed by atoms with Crippen molar-refractivity contribution in [2.45, 2.75) is 25.4 Å². The highest BCUT2D eigenvalue weighted by Crippen LogP contribution is 2.01. The fraction of sp³-hybridized carbons (Fsp3) is 0.714. The maximum Gasteiger partial charge on any atom is 0.334 e. The number of rotatable bonds is 5. The van der Waals surface area contributed by atoms with E-state index < -0.39 is 18.0 Å². The molecule has 5 heteroatoms. The summed E-state index contributed by atoms with van der Waals surface area (Å²) in [5.41, 5.74) is 0. The minimum absolute atomic E-state index is 0.0840. The molecule has 0 spiro atoms. The van der Waals surface area contributed by atoms with E-state index in [4.69, 9.17) is 5.11 Å². The number of carboxylic acid groups (broad SMARTS) is 1. The maximum absolute atomic E-state index is 10.6. The molecular weight excluding hydrogens is 164 g/mol. The summed E-state index contributed by atoms with van der Waals surface area (Å²) in [4.78, 5) is 20.5. The van der Waals surface area contributed by atoms with Crippen LogP contribution in [-0.4, -0.2) is 30.3 Å². The van der Waals surface area contributed by atoms with Crippen molar-refractivity contribution in [3.8, 4) is 0 Å². The molecule has 1 unspecified atom stereocenters. The Bertz CT molecular complexity index is 165. The number of methoxy groups -OCH3 is 1. The summed E-state index contributed by atoms with van der Waals surface area (Å²) in [6, 6.07) is 0. The van der Waals surface area contributed by atoms with Gasteiger partial charge in [0.1, 0.15) is 0 Å². The second kappa shape index (κ2) is 5.54. The predicted molar refractivity (Wildman–Crippen MR) is 36.9 cm³/mol. The number of carboxylic acids is 1. The second-order valence-corrected chi connectivity index (χ2v) is 2.30. The zero-order valence-electron chi connectivity index (χ0n) is 6.78. The van der Waals surface area contributed by atoms with E-state index in [1.165, 1.54) is 0 Å². The van der Waals surface area contributed by atoms with Gasteiger partial charge in [-0.1, -0.05) is 0 Å². The van der Waals surface area contributed by atoms with Gasteiger partial charge in [-0.3, -0.25) is 0 Å².